The quantitative estimate of drug-likeness (QED) is 0.439. The molecule has 1 fully saturated rings. The molecule has 1 heterocycles. The van der Waals surface area contributed by atoms with E-state index < -0.39 is 26.2 Å². The van der Waals surface area contributed by atoms with Crippen LogP contribution in [0.4, 0.5) is 12.3 Å². The topological polar surface area (TPSA) is 9.72 Å². The average Bonchev–Trinajstić information content (AvgIpc) is 2.82. The molecule has 0 aromatic heterocycles. The molecule has 0 atom stereocenters. The van der Waals surface area contributed by atoms with Gasteiger partial charge in [0.15, 0.2) is 0 Å². The lowest BCUT2D eigenvalue weighted by molar-refractivity contribution is 0.358. The van der Waals surface area contributed by atoms with Crippen molar-refractivity contribution in [2.75, 3.05) is 21.1 Å². The van der Waals surface area contributed by atoms with E-state index in [2.05, 4.69) is 0 Å². The summed E-state index contributed by atoms with van der Waals surface area (Å²) in [5.74, 6) is 0. The fraction of sp³-hybridized carbons (Fsp3) is 0.143. The van der Waals surface area contributed by atoms with Gasteiger partial charge >= 0.3 is 26.2 Å². The molecular weight excluding hydrogens is 436 g/mol. The molecule has 1 aliphatic heterocycles. The Hall–Kier alpha value is -2.02. The van der Waals surface area contributed by atoms with Crippen molar-refractivity contribution in [2.45, 2.75) is 0 Å². The van der Waals surface area contributed by atoms with Gasteiger partial charge in [-0.1, -0.05) is 91.0 Å². The average molecular weight is 460 g/mol. The van der Waals surface area contributed by atoms with Gasteiger partial charge in [0.25, 0.3) is 0 Å². The van der Waals surface area contributed by atoms with E-state index in [-0.39, 0.29) is 0 Å². The zero-order valence-corrected chi connectivity index (χ0v) is 20.1. The first kappa shape index (κ1) is 21.2. The van der Waals surface area contributed by atoms with E-state index in [9.17, 15) is 0 Å². The second kappa shape index (κ2) is 7.59. The molecule has 0 N–H and O–H groups in total. The third-order valence-electron chi connectivity index (χ3n) is 6.09. The molecule has 4 rings (SSSR count). The summed E-state index contributed by atoms with van der Waals surface area (Å²) in [5, 5.41) is 1.04. The maximum absolute atomic E-state index is 17.2. The van der Waals surface area contributed by atoms with Crippen LogP contribution in [-0.4, -0.2) is 60.0 Å². The summed E-state index contributed by atoms with van der Waals surface area (Å²) in [6, 6.07) is 25.5. The third kappa shape index (κ3) is 2.81. The van der Waals surface area contributed by atoms with Gasteiger partial charge in [0.1, 0.15) is 0 Å². The maximum atomic E-state index is 17.2. The molecule has 1 aliphatic rings. The van der Waals surface area contributed by atoms with Gasteiger partial charge in [0.2, 0.25) is 0 Å². The normalized spacial score (nSPS) is 31.0. The van der Waals surface area contributed by atoms with Gasteiger partial charge in [-0.2, -0.15) is 0 Å². The van der Waals surface area contributed by atoms with Gasteiger partial charge in [-0.3, -0.25) is 25.0 Å². The molecule has 30 heavy (non-hydrogen) atoms. The molecule has 0 amide bonds. The lowest BCUT2D eigenvalue weighted by Gasteiger charge is -2.58. The van der Waals surface area contributed by atoms with Gasteiger partial charge < -0.3 is 0 Å². The van der Waals surface area contributed by atoms with Gasteiger partial charge in [0.05, 0.1) is 0 Å². The highest BCUT2D eigenvalue weighted by Gasteiger charge is 2.74. The van der Waals surface area contributed by atoms with E-state index in [1.807, 2.05) is 0 Å². The minimum absolute atomic E-state index is 0.346. The van der Waals surface area contributed by atoms with Crippen LogP contribution in [0.2, 0.25) is 0 Å². The summed E-state index contributed by atoms with van der Waals surface area (Å²) in [4.78, 5) is 0. The third-order valence-corrected chi connectivity index (χ3v) is 20.0. The van der Waals surface area contributed by atoms with Crippen molar-refractivity contribution in [1.29, 1.82) is 0 Å². The molecule has 0 unspecified atom stereocenters. The highest BCUT2D eigenvalue weighted by atomic mass is 28.5. The second-order valence-corrected chi connectivity index (χ2v) is 18.2. The minimum atomic E-state index is -4.40. The van der Waals surface area contributed by atoms with Crippen molar-refractivity contribution in [2.24, 2.45) is 0 Å². The van der Waals surface area contributed by atoms with E-state index in [0.29, 0.717) is 15.6 Å². The fourth-order valence-electron chi connectivity index (χ4n) is 4.38. The monoisotopic (exact) mass is 459 g/mol. The first-order chi connectivity index (χ1) is 14.3. The van der Waals surface area contributed by atoms with Crippen LogP contribution in [0.3, 0.4) is 0 Å². The Bertz CT molecular complexity index is 867. The molecule has 9 heteroatoms. The lowest BCUT2D eigenvalue weighted by atomic mass is 10.4. The van der Waals surface area contributed by atoms with Crippen LogP contribution in [-0.2, 0) is 0 Å². The van der Waals surface area contributed by atoms with Crippen LogP contribution in [0.1, 0.15) is 0 Å². The molecule has 0 aliphatic carbocycles. The molecule has 3 nitrogen and oxygen atoms in total. The van der Waals surface area contributed by atoms with E-state index in [4.69, 9.17) is 0 Å². The molecule has 0 saturated carbocycles. The Kier molecular flexibility index (Phi) is 5.37. The fourth-order valence-corrected chi connectivity index (χ4v) is 20.5. The number of halogens is 3. The Labute approximate surface area is 179 Å². The summed E-state index contributed by atoms with van der Waals surface area (Å²) in [5.41, 5.74) is 0. The Morgan fingerprint density at radius 1 is 0.433 bits per heavy atom. The van der Waals surface area contributed by atoms with E-state index in [1.165, 1.54) is 33.8 Å². The number of hydrogen-bond acceptors (Lipinski definition) is 3. The largest absolute Gasteiger partial charge is 0.427 e. The highest BCUT2D eigenvalue weighted by Crippen LogP contribution is 2.37. The van der Waals surface area contributed by atoms with Crippen molar-refractivity contribution < 1.29 is 12.3 Å². The first-order valence-corrected chi connectivity index (χ1v) is 15.0. The highest BCUT2D eigenvalue weighted by molar-refractivity contribution is 7.10. The van der Waals surface area contributed by atoms with Gasteiger partial charge in [-0.05, 0) is 21.1 Å². The minimum Gasteiger partial charge on any atom is -0.266 e. The van der Waals surface area contributed by atoms with Crippen LogP contribution in [0.15, 0.2) is 91.0 Å². The molecule has 1 saturated heterocycles. The number of hydrogen-bond donors (Lipinski definition) is 0. The van der Waals surface area contributed by atoms with E-state index >= 15 is 12.3 Å². The predicted octanol–water partition coefficient (Wildman–Crippen LogP) is 2.24. The van der Waals surface area contributed by atoms with Gasteiger partial charge in [-0.25, -0.2) is 0 Å². The van der Waals surface area contributed by atoms with Crippen molar-refractivity contribution >= 4 is 41.8 Å². The van der Waals surface area contributed by atoms with Crippen molar-refractivity contribution in [3.05, 3.63) is 91.0 Å². The predicted molar refractivity (Wildman–Crippen MR) is 122 cm³/mol. The number of rotatable bonds is 3. The van der Waals surface area contributed by atoms with Crippen LogP contribution in [0.5, 0.6) is 0 Å². The Morgan fingerprint density at radius 2 is 0.633 bits per heavy atom. The van der Waals surface area contributed by atoms with Crippen molar-refractivity contribution in [3.63, 3.8) is 0 Å². The van der Waals surface area contributed by atoms with Crippen LogP contribution in [0.25, 0.3) is 0 Å². The molecule has 0 bridgehead atoms. The van der Waals surface area contributed by atoms with Crippen LogP contribution in [0, 0.1) is 0 Å². The molecule has 3 aromatic rings. The zero-order valence-electron chi connectivity index (χ0n) is 17.1. The first-order valence-electron chi connectivity index (χ1n) is 9.73. The number of benzene rings is 3. The molecule has 3 aromatic carbocycles. The zero-order chi connectivity index (χ0) is 21.6. The van der Waals surface area contributed by atoms with Crippen molar-refractivity contribution in [3.8, 4) is 0 Å². The smallest absolute Gasteiger partial charge is 0.266 e. The molecule has 156 valence electrons. The van der Waals surface area contributed by atoms with Gasteiger partial charge in [0, 0.05) is 15.6 Å². The van der Waals surface area contributed by atoms with E-state index in [0.717, 1.165) is 0 Å². The lowest BCUT2D eigenvalue weighted by Crippen LogP contribution is -2.95. The Balaban J connectivity index is 2.02. The molecular formula is C21H24F3N3Si3. The molecule has 0 spiro atoms. The summed E-state index contributed by atoms with van der Waals surface area (Å²) in [6.07, 6.45) is 0. The summed E-state index contributed by atoms with van der Waals surface area (Å²) < 4.78 is 55.3. The summed E-state index contributed by atoms with van der Waals surface area (Å²) in [7, 11) is -8.77. The van der Waals surface area contributed by atoms with Crippen molar-refractivity contribution in [1.82, 2.24) is 12.7 Å². The number of nitrogens with zero attached hydrogens (tertiary/aromatic N) is 3. The summed E-state index contributed by atoms with van der Waals surface area (Å²) >= 11 is 0. The summed E-state index contributed by atoms with van der Waals surface area (Å²) in [6.45, 7) is 0. The standard InChI is InChI=1S/C21H24F3N3Si3/c1-25-28(22,19-13-7-4-8-14-19)26(2)30(24,21-17-11-6-12-18-21)27(3)29(25,23)20-15-9-5-10-16-20/h4-18H,1-3H3. The van der Waals surface area contributed by atoms with Crippen LogP contribution < -0.4 is 15.6 Å². The maximum Gasteiger partial charge on any atom is 0.427 e. The van der Waals surface area contributed by atoms with E-state index in [1.54, 1.807) is 91.0 Å². The SMILES string of the molecule is CN1[Si](F)(c2ccccc2)N(C)[Si](F)(c2ccccc2)N(C)[Si]1(F)c1ccccc1. The Morgan fingerprint density at radius 3 is 0.833 bits per heavy atom. The van der Waals surface area contributed by atoms with Crippen LogP contribution >= 0.6 is 0 Å². The second-order valence-electron chi connectivity index (χ2n) is 7.54. The molecule has 0 radical (unpaired) electrons. The van der Waals surface area contributed by atoms with Gasteiger partial charge in [-0.15, -0.1) is 0 Å².